The first-order valence-electron chi connectivity index (χ1n) is 8.83. The van der Waals surface area contributed by atoms with Crippen molar-refractivity contribution in [3.63, 3.8) is 0 Å². The molecule has 0 aliphatic heterocycles. The van der Waals surface area contributed by atoms with E-state index in [2.05, 4.69) is 6.07 Å². The molecule has 3 rings (SSSR count). The van der Waals surface area contributed by atoms with Crippen LogP contribution in [0.2, 0.25) is 0 Å². The summed E-state index contributed by atoms with van der Waals surface area (Å²) in [7, 11) is 0. The number of aryl methyl sites for hydroxylation is 2. The van der Waals surface area contributed by atoms with Gasteiger partial charge < -0.3 is 4.74 Å². The first-order chi connectivity index (χ1) is 12.8. The Labute approximate surface area is 164 Å². The largest absolute Gasteiger partial charge is 0.407 e. The lowest BCUT2D eigenvalue weighted by Gasteiger charge is -2.19. The number of rotatable bonds is 5. The smallest absolute Gasteiger partial charge is 0.319 e. The Bertz CT molecular complexity index is 962. The third-order valence-corrected chi connectivity index (χ3v) is 5.08. The molecule has 0 spiro atoms. The predicted molar refractivity (Wildman–Crippen MR) is 109 cm³/mol. The van der Waals surface area contributed by atoms with Gasteiger partial charge in [-0.1, -0.05) is 48.0 Å². The van der Waals surface area contributed by atoms with Crippen LogP contribution in [0, 0.1) is 19.3 Å². The van der Waals surface area contributed by atoms with E-state index >= 15 is 0 Å². The van der Waals surface area contributed by atoms with Crippen LogP contribution in [0.3, 0.4) is 0 Å². The summed E-state index contributed by atoms with van der Waals surface area (Å²) in [5, 5.41) is 4.71. The van der Waals surface area contributed by atoms with Gasteiger partial charge in [-0.2, -0.15) is 9.78 Å². The van der Waals surface area contributed by atoms with Gasteiger partial charge in [0.15, 0.2) is 0 Å². The van der Waals surface area contributed by atoms with Crippen LogP contribution in [0.5, 0.6) is 5.88 Å². The summed E-state index contributed by atoms with van der Waals surface area (Å²) in [4.78, 5) is 12.6. The van der Waals surface area contributed by atoms with Crippen LogP contribution in [0.4, 0.5) is 0 Å². The topological polar surface area (TPSA) is 44.1 Å². The van der Waals surface area contributed by atoms with E-state index in [0.717, 1.165) is 28.1 Å². The third-order valence-electron chi connectivity index (χ3n) is 4.41. The van der Waals surface area contributed by atoms with E-state index in [1.165, 1.54) is 0 Å². The Hall–Kier alpha value is -2.59. The van der Waals surface area contributed by atoms with Gasteiger partial charge in [-0.15, -0.1) is 11.6 Å². The van der Waals surface area contributed by atoms with Gasteiger partial charge in [-0.3, -0.25) is 4.79 Å². The summed E-state index contributed by atoms with van der Waals surface area (Å²) in [5.74, 6) is 0.168. The lowest BCUT2D eigenvalue weighted by Crippen LogP contribution is -2.31. The molecule has 3 aromatic rings. The molecule has 1 heterocycles. The van der Waals surface area contributed by atoms with Crippen LogP contribution in [0.15, 0.2) is 54.6 Å². The number of esters is 1. The Morgan fingerprint density at radius 2 is 1.81 bits per heavy atom. The molecule has 0 unspecified atom stereocenters. The number of hydrogen-bond donors (Lipinski definition) is 0. The van der Waals surface area contributed by atoms with Gasteiger partial charge >= 0.3 is 5.97 Å². The second-order valence-electron chi connectivity index (χ2n) is 7.34. The van der Waals surface area contributed by atoms with Gasteiger partial charge in [0.1, 0.15) is 0 Å². The summed E-state index contributed by atoms with van der Waals surface area (Å²) in [5.41, 5.74) is 3.98. The molecule has 2 aromatic carbocycles. The van der Waals surface area contributed by atoms with E-state index < -0.39 is 5.41 Å². The minimum absolute atomic E-state index is 0.176. The summed E-state index contributed by atoms with van der Waals surface area (Å²) in [6.07, 6.45) is 0. The molecule has 0 N–H and O–H groups in total. The molecule has 4 nitrogen and oxygen atoms in total. The summed E-state index contributed by atoms with van der Waals surface area (Å²) >= 11 is 5.93. The van der Waals surface area contributed by atoms with Crippen molar-refractivity contribution in [2.24, 2.45) is 5.41 Å². The number of ether oxygens (including phenoxy) is 1. The molecule has 0 atom stereocenters. The predicted octanol–water partition coefficient (Wildman–Crippen LogP) is 5.33. The van der Waals surface area contributed by atoms with Crippen LogP contribution in [0.25, 0.3) is 16.9 Å². The number of carbonyl (C=O) groups is 1. The zero-order valence-corrected chi connectivity index (χ0v) is 16.7. The van der Waals surface area contributed by atoms with Crippen molar-refractivity contribution >= 4 is 17.6 Å². The van der Waals surface area contributed by atoms with Gasteiger partial charge in [-0.25, -0.2) is 0 Å². The van der Waals surface area contributed by atoms with E-state index in [4.69, 9.17) is 21.4 Å². The van der Waals surface area contributed by atoms with Crippen molar-refractivity contribution in [1.29, 1.82) is 0 Å². The Morgan fingerprint density at radius 3 is 2.44 bits per heavy atom. The third kappa shape index (κ3) is 4.06. The summed E-state index contributed by atoms with van der Waals surface area (Å²) in [6.45, 7) is 7.58. The number of halogens is 1. The molecule has 0 radical (unpaired) electrons. The minimum atomic E-state index is -0.786. The zero-order chi connectivity index (χ0) is 19.6. The fourth-order valence-corrected chi connectivity index (χ4v) is 2.80. The van der Waals surface area contributed by atoms with E-state index in [0.29, 0.717) is 5.88 Å². The van der Waals surface area contributed by atoms with Crippen molar-refractivity contribution < 1.29 is 9.53 Å². The van der Waals surface area contributed by atoms with Gasteiger partial charge in [0.05, 0.1) is 16.8 Å². The monoisotopic (exact) mass is 382 g/mol. The SMILES string of the molecule is Cc1ccc(-n2nc(-c3ccccc3)cc2OC(=O)C(C)(C)CCl)c(C)c1. The number of aromatic nitrogens is 2. The van der Waals surface area contributed by atoms with Gasteiger partial charge in [0, 0.05) is 17.5 Å². The highest BCUT2D eigenvalue weighted by molar-refractivity contribution is 6.19. The highest BCUT2D eigenvalue weighted by Gasteiger charge is 2.30. The Balaban J connectivity index is 2.10. The molecule has 1 aromatic heterocycles. The summed E-state index contributed by atoms with van der Waals surface area (Å²) in [6, 6.07) is 17.7. The second-order valence-corrected chi connectivity index (χ2v) is 7.61. The van der Waals surface area contributed by atoms with Gasteiger partial charge in [0.2, 0.25) is 5.88 Å². The molecule has 0 amide bonds. The molecular formula is C22H23ClN2O2. The summed E-state index contributed by atoms with van der Waals surface area (Å²) < 4.78 is 7.40. The highest BCUT2D eigenvalue weighted by Crippen LogP contribution is 2.30. The maximum atomic E-state index is 12.6. The molecule has 27 heavy (non-hydrogen) atoms. The Morgan fingerprint density at radius 1 is 1.11 bits per heavy atom. The van der Waals surface area contributed by atoms with Gasteiger partial charge in [-0.05, 0) is 39.3 Å². The molecule has 0 aliphatic carbocycles. The number of alkyl halides is 1. The quantitative estimate of drug-likeness (QED) is 0.442. The molecule has 0 saturated carbocycles. The number of benzene rings is 2. The number of hydrogen-bond acceptors (Lipinski definition) is 3. The lowest BCUT2D eigenvalue weighted by molar-refractivity contribution is -0.143. The van der Waals surface area contributed by atoms with E-state index in [-0.39, 0.29) is 11.8 Å². The lowest BCUT2D eigenvalue weighted by atomic mass is 9.97. The molecule has 0 bridgehead atoms. The molecule has 5 heteroatoms. The standard InChI is InChI=1S/C22H23ClN2O2/c1-15-10-11-19(16(2)12-15)25-20(27-21(26)22(3,4)14-23)13-18(24-25)17-8-6-5-7-9-17/h5-13H,14H2,1-4H3. The molecular weight excluding hydrogens is 360 g/mol. The van der Waals surface area contributed by atoms with Crippen molar-refractivity contribution in [2.45, 2.75) is 27.7 Å². The van der Waals surface area contributed by atoms with E-state index in [9.17, 15) is 4.79 Å². The normalized spacial score (nSPS) is 11.4. The van der Waals surface area contributed by atoms with Crippen molar-refractivity contribution in [2.75, 3.05) is 5.88 Å². The van der Waals surface area contributed by atoms with E-state index in [1.807, 2.05) is 56.3 Å². The van der Waals surface area contributed by atoms with Crippen LogP contribution in [0.1, 0.15) is 25.0 Å². The highest BCUT2D eigenvalue weighted by atomic mass is 35.5. The van der Waals surface area contributed by atoms with Crippen molar-refractivity contribution in [3.05, 3.63) is 65.7 Å². The average molecular weight is 383 g/mol. The van der Waals surface area contributed by atoms with Crippen molar-refractivity contribution in [3.8, 4) is 22.8 Å². The van der Waals surface area contributed by atoms with Crippen molar-refractivity contribution in [1.82, 2.24) is 9.78 Å². The number of carbonyl (C=O) groups excluding carboxylic acids is 1. The molecule has 0 aliphatic rings. The maximum Gasteiger partial charge on any atom is 0.319 e. The van der Waals surface area contributed by atoms with Crippen LogP contribution in [-0.2, 0) is 4.79 Å². The van der Waals surface area contributed by atoms with Gasteiger partial charge in [0.25, 0.3) is 0 Å². The first kappa shape index (κ1) is 19.2. The fourth-order valence-electron chi connectivity index (χ4n) is 2.69. The maximum absolute atomic E-state index is 12.6. The van der Waals surface area contributed by atoms with Crippen LogP contribution < -0.4 is 4.74 Å². The zero-order valence-electron chi connectivity index (χ0n) is 16.0. The fraction of sp³-hybridized carbons (Fsp3) is 0.273. The molecule has 0 saturated heterocycles. The second kappa shape index (κ2) is 7.57. The molecule has 0 fully saturated rings. The Kier molecular flexibility index (Phi) is 5.38. The number of nitrogens with zero attached hydrogens (tertiary/aromatic N) is 2. The van der Waals surface area contributed by atoms with E-state index in [1.54, 1.807) is 24.6 Å². The first-order valence-corrected chi connectivity index (χ1v) is 9.36. The van der Waals surface area contributed by atoms with Crippen LogP contribution >= 0.6 is 11.6 Å². The average Bonchev–Trinajstić information content (AvgIpc) is 3.06. The molecule has 140 valence electrons. The minimum Gasteiger partial charge on any atom is -0.407 e. The van der Waals surface area contributed by atoms with Crippen LogP contribution in [-0.4, -0.2) is 21.6 Å².